The van der Waals surface area contributed by atoms with E-state index >= 15 is 0 Å². The minimum Gasteiger partial charge on any atom is -0.371 e. The summed E-state index contributed by atoms with van der Waals surface area (Å²) >= 11 is 0. The molecule has 0 spiro atoms. The van der Waals surface area contributed by atoms with Crippen molar-refractivity contribution in [2.75, 3.05) is 24.5 Å². The van der Waals surface area contributed by atoms with Crippen LogP contribution in [0.25, 0.3) is 0 Å². The van der Waals surface area contributed by atoms with Gasteiger partial charge in [0.25, 0.3) is 0 Å². The smallest absolute Gasteiger partial charge is 0.0541 e. The van der Waals surface area contributed by atoms with Crippen LogP contribution in [0.4, 0.5) is 5.69 Å². The maximum Gasteiger partial charge on any atom is 0.0541 e. The number of hydrogen-bond acceptors (Lipinski definition) is 3. The second kappa shape index (κ2) is 7.65. The van der Waals surface area contributed by atoms with Gasteiger partial charge in [-0.1, -0.05) is 18.2 Å². The molecule has 0 amide bonds. The van der Waals surface area contributed by atoms with Gasteiger partial charge in [0.2, 0.25) is 0 Å². The Morgan fingerprint density at radius 3 is 2.75 bits per heavy atom. The lowest BCUT2D eigenvalue weighted by Gasteiger charge is -2.23. The van der Waals surface area contributed by atoms with E-state index in [1.54, 1.807) is 0 Å². The lowest BCUT2D eigenvalue weighted by Crippen LogP contribution is -2.32. The highest BCUT2D eigenvalue weighted by Crippen LogP contribution is 2.14. The molecule has 0 unspecified atom stereocenters. The number of nitrogens with one attached hydrogen (secondary N) is 1. The summed E-state index contributed by atoms with van der Waals surface area (Å²) in [7, 11) is 0. The summed E-state index contributed by atoms with van der Waals surface area (Å²) in [5.41, 5.74) is 3.70. The summed E-state index contributed by atoms with van der Waals surface area (Å²) < 4.78 is 0. The van der Waals surface area contributed by atoms with Crippen molar-refractivity contribution < 1.29 is 0 Å². The zero-order valence-electron chi connectivity index (χ0n) is 12.3. The fourth-order valence-corrected chi connectivity index (χ4v) is 2.23. The standard InChI is InChI=1S/C17H23N3/c1-3-20(17-9-6-7-15(2)13-17)12-11-18-14-16-8-4-5-10-19-16/h4-10,13,18H,3,11-12,14H2,1-2H3. The van der Waals surface area contributed by atoms with Crippen LogP contribution >= 0.6 is 0 Å². The van der Waals surface area contributed by atoms with Crippen molar-refractivity contribution in [3.63, 3.8) is 0 Å². The van der Waals surface area contributed by atoms with Crippen LogP contribution in [0, 0.1) is 6.92 Å². The Kier molecular flexibility index (Phi) is 5.56. The predicted octanol–water partition coefficient (Wildman–Crippen LogP) is 3.01. The quantitative estimate of drug-likeness (QED) is 0.783. The molecule has 0 saturated carbocycles. The number of anilines is 1. The van der Waals surface area contributed by atoms with Crippen LogP contribution in [0.5, 0.6) is 0 Å². The fourth-order valence-electron chi connectivity index (χ4n) is 2.23. The molecule has 3 nitrogen and oxygen atoms in total. The van der Waals surface area contributed by atoms with Crippen LogP contribution in [0.2, 0.25) is 0 Å². The number of benzene rings is 1. The lowest BCUT2D eigenvalue weighted by molar-refractivity contribution is 0.656. The predicted molar refractivity (Wildman–Crippen MR) is 85.0 cm³/mol. The molecule has 1 aromatic heterocycles. The Hall–Kier alpha value is -1.87. The Labute approximate surface area is 121 Å². The minimum absolute atomic E-state index is 0.826. The number of nitrogens with zero attached hydrogens (tertiary/aromatic N) is 2. The van der Waals surface area contributed by atoms with Gasteiger partial charge in [-0.15, -0.1) is 0 Å². The van der Waals surface area contributed by atoms with Crippen LogP contribution in [0.1, 0.15) is 18.2 Å². The topological polar surface area (TPSA) is 28.2 Å². The number of aryl methyl sites for hydroxylation is 1. The molecule has 0 atom stereocenters. The molecule has 3 heteroatoms. The molecule has 0 saturated heterocycles. The number of hydrogen-bond donors (Lipinski definition) is 1. The molecule has 2 rings (SSSR count). The molecule has 106 valence electrons. The summed E-state index contributed by atoms with van der Waals surface area (Å²) in [5.74, 6) is 0. The van der Waals surface area contributed by atoms with Gasteiger partial charge in [0.15, 0.2) is 0 Å². The minimum atomic E-state index is 0.826. The first-order valence-corrected chi connectivity index (χ1v) is 7.22. The molecule has 0 bridgehead atoms. The summed E-state index contributed by atoms with van der Waals surface area (Å²) in [5, 5.41) is 3.45. The molecular weight excluding hydrogens is 246 g/mol. The van der Waals surface area contributed by atoms with E-state index in [1.165, 1.54) is 11.3 Å². The first-order chi connectivity index (χ1) is 9.79. The summed E-state index contributed by atoms with van der Waals surface area (Å²) in [6, 6.07) is 14.7. The Bertz CT molecular complexity index is 511. The Morgan fingerprint density at radius 2 is 2.05 bits per heavy atom. The molecule has 0 radical (unpaired) electrons. The van der Waals surface area contributed by atoms with E-state index in [9.17, 15) is 0 Å². The van der Waals surface area contributed by atoms with Crippen molar-refractivity contribution >= 4 is 5.69 Å². The number of pyridine rings is 1. The highest BCUT2D eigenvalue weighted by atomic mass is 15.1. The molecule has 0 fully saturated rings. The van der Waals surface area contributed by atoms with Gasteiger partial charge >= 0.3 is 0 Å². The first-order valence-electron chi connectivity index (χ1n) is 7.22. The van der Waals surface area contributed by atoms with Gasteiger partial charge < -0.3 is 10.2 Å². The summed E-state index contributed by atoms with van der Waals surface area (Å²) in [6.07, 6.45) is 1.84. The van der Waals surface area contributed by atoms with Gasteiger partial charge in [-0.2, -0.15) is 0 Å². The van der Waals surface area contributed by atoms with E-state index in [0.29, 0.717) is 0 Å². The third-order valence-electron chi connectivity index (χ3n) is 3.34. The van der Waals surface area contributed by atoms with Crippen molar-refractivity contribution in [1.82, 2.24) is 10.3 Å². The maximum atomic E-state index is 4.31. The van der Waals surface area contributed by atoms with E-state index in [2.05, 4.69) is 53.3 Å². The van der Waals surface area contributed by atoms with E-state index in [-0.39, 0.29) is 0 Å². The second-order valence-corrected chi connectivity index (χ2v) is 4.92. The molecule has 0 aliphatic heterocycles. The maximum absolute atomic E-state index is 4.31. The average molecular weight is 269 g/mol. The van der Waals surface area contributed by atoms with Crippen molar-refractivity contribution in [3.05, 3.63) is 59.9 Å². The van der Waals surface area contributed by atoms with E-state index in [1.807, 2.05) is 24.4 Å². The zero-order chi connectivity index (χ0) is 14.2. The molecule has 1 aromatic carbocycles. The fraction of sp³-hybridized carbons (Fsp3) is 0.353. The molecule has 2 aromatic rings. The van der Waals surface area contributed by atoms with Crippen LogP contribution in [-0.4, -0.2) is 24.6 Å². The lowest BCUT2D eigenvalue weighted by atomic mass is 10.2. The third kappa shape index (κ3) is 4.35. The monoisotopic (exact) mass is 269 g/mol. The second-order valence-electron chi connectivity index (χ2n) is 4.92. The van der Waals surface area contributed by atoms with Crippen LogP contribution < -0.4 is 10.2 Å². The summed E-state index contributed by atoms with van der Waals surface area (Å²) in [6.45, 7) is 8.14. The van der Waals surface area contributed by atoms with Crippen LogP contribution in [0.3, 0.4) is 0 Å². The zero-order valence-corrected chi connectivity index (χ0v) is 12.3. The average Bonchev–Trinajstić information content (AvgIpc) is 2.48. The van der Waals surface area contributed by atoms with Gasteiger partial charge in [-0.3, -0.25) is 4.98 Å². The van der Waals surface area contributed by atoms with Crippen molar-refractivity contribution in [2.24, 2.45) is 0 Å². The Balaban J connectivity index is 1.80. The van der Waals surface area contributed by atoms with Gasteiger partial charge in [-0.05, 0) is 43.7 Å². The van der Waals surface area contributed by atoms with Gasteiger partial charge in [0.05, 0.1) is 5.69 Å². The molecule has 0 aliphatic carbocycles. The van der Waals surface area contributed by atoms with Crippen LogP contribution in [0.15, 0.2) is 48.7 Å². The number of aromatic nitrogens is 1. The number of likely N-dealkylation sites (N-methyl/N-ethyl adjacent to an activating group) is 1. The molecular formula is C17H23N3. The largest absolute Gasteiger partial charge is 0.371 e. The Morgan fingerprint density at radius 1 is 1.15 bits per heavy atom. The molecule has 0 aliphatic rings. The number of rotatable bonds is 7. The van der Waals surface area contributed by atoms with Gasteiger partial charge in [0, 0.05) is 38.1 Å². The molecule has 20 heavy (non-hydrogen) atoms. The van der Waals surface area contributed by atoms with Crippen LogP contribution in [-0.2, 0) is 6.54 Å². The van der Waals surface area contributed by atoms with E-state index < -0.39 is 0 Å². The van der Waals surface area contributed by atoms with E-state index in [0.717, 1.165) is 31.9 Å². The van der Waals surface area contributed by atoms with Crippen molar-refractivity contribution in [1.29, 1.82) is 0 Å². The molecule has 1 N–H and O–H groups in total. The van der Waals surface area contributed by atoms with E-state index in [4.69, 9.17) is 0 Å². The third-order valence-corrected chi connectivity index (χ3v) is 3.34. The van der Waals surface area contributed by atoms with Crippen molar-refractivity contribution in [2.45, 2.75) is 20.4 Å². The van der Waals surface area contributed by atoms with Gasteiger partial charge in [0.1, 0.15) is 0 Å². The summed E-state index contributed by atoms with van der Waals surface area (Å²) in [4.78, 5) is 6.70. The van der Waals surface area contributed by atoms with Crippen molar-refractivity contribution in [3.8, 4) is 0 Å². The SMILES string of the molecule is CCN(CCNCc1ccccn1)c1cccc(C)c1. The molecule has 1 heterocycles. The highest BCUT2D eigenvalue weighted by molar-refractivity contribution is 5.48. The van der Waals surface area contributed by atoms with Gasteiger partial charge in [-0.25, -0.2) is 0 Å². The highest BCUT2D eigenvalue weighted by Gasteiger charge is 2.03. The first kappa shape index (κ1) is 14.5. The normalized spacial score (nSPS) is 10.5.